The van der Waals surface area contributed by atoms with Gasteiger partial charge in [-0.25, -0.2) is 9.97 Å². The number of fused-ring (bicyclic) bond motifs is 2. The van der Waals surface area contributed by atoms with Crippen molar-refractivity contribution in [3.05, 3.63) is 52.8 Å². The van der Waals surface area contributed by atoms with Crippen LogP contribution >= 0.6 is 11.6 Å². The van der Waals surface area contributed by atoms with Gasteiger partial charge in [-0.3, -0.25) is 4.79 Å². The van der Waals surface area contributed by atoms with Gasteiger partial charge in [0, 0.05) is 17.0 Å². The Bertz CT molecular complexity index is 1040. The van der Waals surface area contributed by atoms with Crippen molar-refractivity contribution in [2.24, 2.45) is 0 Å². The molecule has 0 amide bonds. The number of rotatable bonds is 6. The number of nitrogens with one attached hydrogen (secondary N) is 1. The van der Waals surface area contributed by atoms with Gasteiger partial charge in [0.05, 0.1) is 12.1 Å². The summed E-state index contributed by atoms with van der Waals surface area (Å²) in [6, 6.07) is 11.1. The van der Waals surface area contributed by atoms with Crippen LogP contribution in [0.3, 0.4) is 0 Å². The molecule has 2 aromatic carbocycles. The van der Waals surface area contributed by atoms with Crippen molar-refractivity contribution < 1.29 is 19.0 Å². The molecule has 0 atom stereocenters. The lowest BCUT2D eigenvalue weighted by atomic mass is 10.2. The molecule has 8 heteroatoms. The Hall–Kier alpha value is -3.06. The van der Waals surface area contributed by atoms with E-state index in [0.717, 1.165) is 22.4 Å². The molecule has 0 aliphatic carbocycles. The lowest BCUT2D eigenvalue weighted by Crippen LogP contribution is -2.12. The Morgan fingerprint density at radius 2 is 2.04 bits per heavy atom. The minimum Gasteiger partial charge on any atom is -0.466 e. The molecule has 2 heterocycles. The van der Waals surface area contributed by atoms with Crippen molar-refractivity contribution in [1.82, 2.24) is 9.97 Å². The summed E-state index contributed by atoms with van der Waals surface area (Å²) in [6.07, 6.45) is 0.00507. The van der Waals surface area contributed by atoms with Crippen molar-refractivity contribution in [3.8, 4) is 11.5 Å². The van der Waals surface area contributed by atoms with Crippen LogP contribution in [0.25, 0.3) is 10.9 Å². The topological polar surface area (TPSA) is 82.6 Å². The first kappa shape index (κ1) is 18.3. The van der Waals surface area contributed by atoms with E-state index in [1.807, 2.05) is 18.2 Å². The number of benzene rings is 2. The van der Waals surface area contributed by atoms with Crippen molar-refractivity contribution in [3.63, 3.8) is 0 Å². The molecule has 4 rings (SSSR count). The zero-order valence-electron chi connectivity index (χ0n) is 15.2. The monoisotopic (exact) mass is 399 g/mol. The van der Waals surface area contributed by atoms with Crippen molar-refractivity contribution >= 4 is 34.3 Å². The maximum absolute atomic E-state index is 11.8. The van der Waals surface area contributed by atoms with Crippen LogP contribution in [-0.4, -0.2) is 29.3 Å². The van der Waals surface area contributed by atoms with Gasteiger partial charge in [-0.15, -0.1) is 0 Å². The van der Waals surface area contributed by atoms with Crippen molar-refractivity contribution in [1.29, 1.82) is 0 Å². The molecule has 0 bridgehead atoms. The van der Waals surface area contributed by atoms with Gasteiger partial charge in [-0.2, -0.15) is 0 Å². The number of hydrogen-bond acceptors (Lipinski definition) is 7. The van der Waals surface area contributed by atoms with Crippen molar-refractivity contribution in [2.75, 3.05) is 18.7 Å². The highest BCUT2D eigenvalue weighted by molar-refractivity contribution is 6.31. The summed E-state index contributed by atoms with van der Waals surface area (Å²) in [4.78, 5) is 20.8. The molecule has 1 N–H and O–H groups in total. The maximum Gasteiger partial charge on any atom is 0.313 e. The van der Waals surface area contributed by atoms with Crippen LogP contribution in [0, 0.1) is 0 Å². The SMILES string of the molecule is CCOC(=O)Cc1nc(NCc2ccc3c(c2)OCO3)c2cc(Cl)ccc2n1. The first-order valence-electron chi connectivity index (χ1n) is 8.86. The van der Waals surface area contributed by atoms with E-state index >= 15 is 0 Å². The summed E-state index contributed by atoms with van der Waals surface area (Å²) in [5.41, 5.74) is 1.71. The Labute approximate surface area is 166 Å². The number of halogens is 1. The number of carbonyl (C=O) groups is 1. The number of anilines is 1. The van der Waals surface area contributed by atoms with Gasteiger partial charge in [-0.05, 0) is 42.8 Å². The number of nitrogens with zero attached hydrogens (tertiary/aromatic N) is 2. The van der Waals surface area contributed by atoms with Crippen LogP contribution in [0.15, 0.2) is 36.4 Å². The Kier molecular flexibility index (Phi) is 5.16. The van der Waals surface area contributed by atoms with E-state index in [0.29, 0.717) is 35.3 Å². The largest absolute Gasteiger partial charge is 0.466 e. The van der Waals surface area contributed by atoms with Crippen LogP contribution in [-0.2, 0) is 22.5 Å². The van der Waals surface area contributed by atoms with Gasteiger partial charge in [0.25, 0.3) is 0 Å². The zero-order chi connectivity index (χ0) is 19.5. The van der Waals surface area contributed by atoms with Gasteiger partial charge in [0.1, 0.15) is 18.1 Å². The summed E-state index contributed by atoms with van der Waals surface area (Å²) >= 11 is 6.15. The summed E-state index contributed by atoms with van der Waals surface area (Å²) in [7, 11) is 0. The number of carbonyl (C=O) groups excluding carboxylic acids is 1. The summed E-state index contributed by atoms with van der Waals surface area (Å²) in [5.74, 6) is 2.08. The molecule has 7 nitrogen and oxygen atoms in total. The molecule has 0 radical (unpaired) electrons. The average Bonchev–Trinajstić information content (AvgIpc) is 3.14. The second-order valence-corrected chi connectivity index (χ2v) is 6.61. The van der Waals surface area contributed by atoms with E-state index in [9.17, 15) is 4.79 Å². The molecular weight excluding hydrogens is 382 g/mol. The molecule has 1 aromatic heterocycles. The summed E-state index contributed by atoms with van der Waals surface area (Å²) in [5, 5.41) is 4.67. The molecule has 144 valence electrons. The molecule has 28 heavy (non-hydrogen) atoms. The van der Waals surface area contributed by atoms with Gasteiger partial charge in [0.2, 0.25) is 6.79 Å². The number of esters is 1. The molecule has 0 fully saturated rings. The lowest BCUT2D eigenvalue weighted by Gasteiger charge is -2.11. The molecule has 3 aromatic rings. The predicted molar refractivity (Wildman–Crippen MR) is 105 cm³/mol. The quantitative estimate of drug-likeness (QED) is 0.632. The second-order valence-electron chi connectivity index (χ2n) is 6.17. The van der Waals surface area contributed by atoms with Crippen LogP contribution in [0.2, 0.25) is 5.02 Å². The van der Waals surface area contributed by atoms with E-state index in [1.165, 1.54) is 0 Å². The fourth-order valence-corrected chi connectivity index (χ4v) is 3.11. The molecule has 1 aliphatic heterocycles. The van der Waals surface area contributed by atoms with Crippen molar-refractivity contribution in [2.45, 2.75) is 19.9 Å². The van der Waals surface area contributed by atoms with Gasteiger partial charge in [0.15, 0.2) is 11.5 Å². The maximum atomic E-state index is 11.8. The normalized spacial score (nSPS) is 12.2. The third-order valence-electron chi connectivity index (χ3n) is 4.21. The third-order valence-corrected chi connectivity index (χ3v) is 4.44. The summed E-state index contributed by atoms with van der Waals surface area (Å²) in [6.45, 7) is 2.82. The number of ether oxygens (including phenoxy) is 3. The Morgan fingerprint density at radius 3 is 2.89 bits per heavy atom. The minimum atomic E-state index is -0.363. The van der Waals surface area contributed by atoms with Crippen LogP contribution in [0.5, 0.6) is 11.5 Å². The fourth-order valence-electron chi connectivity index (χ4n) is 2.94. The van der Waals surface area contributed by atoms with Crippen LogP contribution < -0.4 is 14.8 Å². The zero-order valence-corrected chi connectivity index (χ0v) is 16.0. The van der Waals surface area contributed by atoms with Crippen LogP contribution in [0.4, 0.5) is 5.82 Å². The molecule has 1 aliphatic rings. The fraction of sp³-hybridized carbons (Fsp3) is 0.250. The standard InChI is InChI=1S/C20H18ClN3O4/c1-2-26-19(25)9-18-23-15-5-4-13(21)8-14(15)20(24-18)22-10-12-3-6-16-17(7-12)28-11-27-16/h3-8H,2,9-11H2,1H3,(H,22,23,24). The average molecular weight is 400 g/mol. The lowest BCUT2D eigenvalue weighted by molar-refractivity contribution is -0.142. The van der Waals surface area contributed by atoms with E-state index < -0.39 is 0 Å². The first-order valence-corrected chi connectivity index (χ1v) is 9.24. The molecule has 0 saturated carbocycles. The Balaban J connectivity index is 1.62. The molecule has 0 saturated heterocycles. The van der Waals surface area contributed by atoms with E-state index in [-0.39, 0.29) is 19.2 Å². The molecule has 0 spiro atoms. The highest BCUT2D eigenvalue weighted by Crippen LogP contribution is 2.33. The minimum absolute atomic E-state index is 0.00507. The third kappa shape index (κ3) is 3.94. The smallest absolute Gasteiger partial charge is 0.313 e. The van der Waals surface area contributed by atoms with E-state index in [2.05, 4.69) is 15.3 Å². The van der Waals surface area contributed by atoms with Crippen LogP contribution in [0.1, 0.15) is 18.3 Å². The molecular formula is C20H18ClN3O4. The second kappa shape index (κ2) is 7.90. The highest BCUT2D eigenvalue weighted by Gasteiger charge is 2.15. The van der Waals surface area contributed by atoms with Gasteiger partial charge >= 0.3 is 5.97 Å². The number of hydrogen-bond donors (Lipinski definition) is 1. The summed E-state index contributed by atoms with van der Waals surface area (Å²) < 4.78 is 15.8. The first-order chi connectivity index (χ1) is 13.6. The van der Waals surface area contributed by atoms with E-state index in [1.54, 1.807) is 25.1 Å². The predicted octanol–water partition coefficient (Wildman–Crippen LogP) is 3.73. The Morgan fingerprint density at radius 1 is 1.18 bits per heavy atom. The van der Waals surface area contributed by atoms with Gasteiger partial charge in [-0.1, -0.05) is 17.7 Å². The van der Waals surface area contributed by atoms with Gasteiger partial charge < -0.3 is 19.5 Å². The molecule has 0 unspecified atom stereocenters. The van der Waals surface area contributed by atoms with E-state index in [4.69, 9.17) is 25.8 Å². The highest BCUT2D eigenvalue weighted by atomic mass is 35.5. The number of aromatic nitrogens is 2.